The van der Waals surface area contributed by atoms with Crippen molar-refractivity contribution in [1.82, 2.24) is 4.98 Å². The Balaban J connectivity index is 2.74. The molecule has 82 valence electrons. The topological polar surface area (TPSA) is 98.2 Å². The molecule has 0 saturated carbocycles. The average molecular weight is 219 g/mol. The van der Waals surface area contributed by atoms with E-state index in [1.54, 1.807) is 19.1 Å². The van der Waals surface area contributed by atoms with Crippen LogP contribution in [0.5, 0.6) is 0 Å². The maximum atomic E-state index is 11.1. The number of nitrogens with zero attached hydrogens (tertiary/aromatic N) is 1. The number of hydrogen-bond acceptors (Lipinski definition) is 4. The lowest BCUT2D eigenvalue weighted by Gasteiger charge is -1.96. The number of pyridine rings is 1. The van der Waals surface area contributed by atoms with Crippen molar-refractivity contribution in [2.75, 3.05) is 5.32 Å². The molecule has 2 aromatic heterocycles. The number of fused-ring (bicyclic) bond motifs is 1. The van der Waals surface area contributed by atoms with E-state index in [4.69, 9.17) is 10.2 Å². The van der Waals surface area contributed by atoms with Gasteiger partial charge in [-0.2, -0.15) is 0 Å². The molecule has 0 fully saturated rings. The van der Waals surface area contributed by atoms with Gasteiger partial charge in [-0.15, -0.1) is 0 Å². The molecule has 0 aliphatic carbocycles. The smallest absolute Gasteiger partial charge is 0.286 e. The van der Waals surface area contributed by atoms with Crippen LogP contribution in [0.1, 0.15) is 16.2 Å². The lowest BCUT2D eigenvalue weighted by molar-refractivity contribution is -0.105. The van der Waals surface area contributed by atoms with Gasteiger partial charge in [-0.1, -0.05) is 0 Å². The summed E-state index contributed by atoms with van der Waals surface area (Å²) >= 11 is 0. The Labute approximate surface area is 90.4 Å². The molecule has 0 radical (unpaired) electrons. The molecule has 2 amide bonds. The van der Waals surface area contributed by atoms with Crippen molar-refractivity contribution >= 4 is 29.1 Å². The fraction of sp³-hybridized carbons (Fsp3) is 0.100. The normalized spacial score (nSPS) is 10.3. The van der Waals surface area contributed by atoms with Crippen LogP contribution in [0.3, 0.4) is 0 Å². The summed E-state index contributed by atoms with van der Waals surface area (Å²) in [6, 6.07) is 3.46. The predicted molar refractivity (Wildman–Crippen MR) is 57.0 cm³/mol. The molecular formula is C10H9N3O3. The van der Waals surface area contributed by atoms with E-state index in [0.29, 0.717) is 11.8 Å². The zero-order valence-corrected chi connectivity index (χ0v) is 8.48. The molecule has 0 saturated heterocycles. The van der Waals surface area contributed by atoms with Crippen LogP contribution in [-0.4, -0.2) is 17.3 Å². The molecule has 0 unspecified atom stereocenters. The van der Waals surface area contributed by atoms with Crippen molar-refractivity contribution < 1.29 is 14.0 Å². The second-order valence-corrected chi connectivity index (χ2v) is 3.24. The van der Waals surface area contributed by atoms with Crippen molar-refractivity contribution in [3.63, 3.8) is 0 Å². The van der Waals surface area contributed by atoms with Crippen LogP contribution in [0.2, 0.25) is 0 Å². The monoisotopic (exact) mass is 219 g/mol. The molecule has 0 aliphatic rings. The second kappa shape index (κ2) is 3.65. The number of carbonyl (C=O) groups is 2. The van der Waals surface area contributed by atoms with Crippen LogP contribution < -0.4 is 11.1 Å². The molecule has 2 heterocycles. The molecule has 2 rings (SSSR count). The first-order valence-corrected chi connectivity index (χ1v) is 4.53. The number of rotatable bonds is 3. The summed E-state index contributed by atoms with van der Waals surface area (Å²) < 4.78 is 5.19. The van der Waals surface area contributed by atoms with Crippen molar-refractivity contribution in [2.24, 2.45) is 5.73 Å². The lowest BCUT2D eigenvalue weighted by Crippen LogP contribution is -2.12. The molecular weight excluding hydrogens is 210 g/mol. The molecule has 16 heavy (non-hydrogen) atoms. The lowest BCUT2D eigenvalue weighted by atomic mass is 10.2. The first-order valence-electron chi connectivity index (χ1n) is 4.53. The van der Waals surface area contributed by atoms with Gasteiger partial charge in [0.25, 0.3) is 5.91 Å². The fourth-order valence-corrected chi connectivity index (χ4v) is 1.45. The Morgan fingerprint density at radius 3 is 2.94 bits per heavy atom. The Hall–Kier alpha value is -2.37. The summed E-state index contributed by atoms with van der Waals surface area (Å²) in [6.45, 7) is 1.79. The number of aryl methyl sites for hydroxylation is 1. The number of amides is 2. The molecule has 3 N–H and O–H groups in total. The van der Waals surface area contributed by atoms with Crippen molar-refractivity contribution in [1.29, 1.82) is 0 Å². The number of nitrogens with two attached hydrogens (primary N) is 1. The molecule has 0 bridgehead atoms. The van der Waals surface area contributed by atoms with Gasteiger partial charge in [0.05, 0.1) is 5.39 Å². The van der Waals surface area contributed by atoms with Crippen LogP contribution in [0.25, 0.3) is 11.1 Å². The third-order valence-corrected chi connectivity index (χ3v) is 2.12. The quantitative estimate of drug-likeness (QED) is 0.746. The van der Waals surface area contributed by atoms with Crippen LogP contribution in [0.4, 0.5) is 5.69 Å². The third-order valence-electron chi connectivity index (χ3n) is 2.12. The summed E-state index contributed by atoms with van der Waals surface area (Å²) in [5.74, 6) is -0.847. The van der Waals surface area contributed by atoms with Gasteiger partial charge < -0.3 is 15.5 Å². The van der Waals surface area contributed by atoms with Gasteiger partial charge in [0, 0.05) is 5.69 Å². The largest absolute Gasteiger partial charge is 0.430 e. The highest BCUT2D eigenvalue weighted by Crippen LogP contribution is 2.29. The molecule has 0 spiro atoms. The van der Waals surface area contributed by atoms with Gasteiger partial charge >= 0.3 is 0 Å². The number of anilines is 1. The highest BCUT2D eigenvalue weighted by molar-refractivity contribution is 6.07. The Bertz CT molecular complexity index is 574. The summed E-state index contributed by atoms with van der Waals surface area (Å²) in [5, 5.41) is 2.93. The van der Waals surface area contributed by atoms with Gasteiger partial charge in [0.2, 0.25) is 17.9 Å². The maximum Gasteiger partial charge on any atom is 0.286 e. The minimum Gasteiger partial charge on any atom is -0.430 e. The van der Waals surface area contributed by atoms with E-state index in [2.05, 4.69) is 10.3 Å². The van der Waals surface area contributed by atoms with Crippen molar-refractivity contribution in [3.8, 4) is 0 Å². The summed E-state index contributed by atoms with van der Waals surface area (Å²) in [5.41, 5.74) is 6.41. The maximum absolute atomic E-state index is 11.1. The van der Waals surface area contributed by atoms with Crippen LogP contribution in [0.15, 0.2) is 16.5 Å². The number of furan rings is 1. The fourth-order valence-electron chi connectivity index (χ4n) is 1.45. The third kappa shape index (κ3) is 1.50. The molecule has 0 aromatic carbocycles. The van der Waals surface area contributed by atoms with E-state index < -0.39 is 5.91 Å². The molecule has 0 aliphatic heterocycles. The van der Waals surface area contributed by atoms with E-state index in [1.165, 1.54) is 0 Å². The van der Waals surface area contributed by atoms with Crippen LogP contribution >= 0.6 is 0 Å². The van der Waals surface area contributed by atoms with Crippen LogP contribution in [-0.2, 0) is 4.79 Å². The van der Waals surface area contributed by atoms with Gasteiger partial charge in [-0.25, -0.2) is 4.98 Å². The minimum atomic E-state index is -0.750. The van der Waals surface area contributed by atoms with Crippen molar-refractivity contribution in [2.45, 2.75) is 6.92 Å². The van der Waals surface area contributed by atoms with Crippen molar-refractivity contribution in [3.05, 3.63) is 23.6 Å². The first kappa shape index (κ1) is 10.2. The average Bonchev–Trinajstić information content (AvgIpc) is 2.57. The zero-order chi connectivity index (χ0) is 11.7. The Kier molecular flexibility index (Phi) is 2.32. The van der Waals surface area contributed by atoms with E-state index in [-0.39, 0.29) is 17.2 Å². The Morgan fingerprint density at radius 1 is 1.56 bits per heavy atom. The minimum absolute atomic E-state index is 0.0970. The second-order valence-electron chi connectivity index (χ2n) is 3.24. The number of aromatic nitrogens is 1. The van der Waals surface area contributed by atoms with E-state index >= 15 is 0 Å². The molecule has 2 aromatic rings. The first-order chi connectivity index (χ1) is 7.63. The van der Waals surface area contributed by atoms with E-state index in [1.807, 2.05) is 0 Å². The SMILES string of the molecule is Cc1ccc2c(NC=O)c(C(N)=O)oc2n1. The molecule has 6 heteroatoms. The molecule has 0 atom stereocenters. The zero-order valence-electron chi connectivity index (χ0n) is 8.48. The van der Waals surface area contributed by atoms with E-state index in [0.717, 1.165) is 5.69 Å². The van der Waals surface area contributed by atoms with Gasteiger partial charge in [-0.3, -0.25) is 9.59 Å². The van der Waals surface area contributed by atoms with Crippen LogP contribution in [0, 0.1) is 6.92 Å². The van der Waals surface area contributed by atoms with Gasteiger partial charge in [0.1, 0.15) is 5.69 Å². The summed E-state index contributed by atoms with van der Waals surface area (Å²) in [4.78, 5) is 25.6. The number of primary amides is 1. The number of hydrogen-bond donors (Lipinski definition) is 2. The highest BCUT2D eigenvalue weighted by Gasteiger charge is 2.18. The summed E-state index contributed by atoms with van der Waals surface area (Å²) in [7, 11) is 0. The number of carbonyl (C=O) groups excluding carboxylic acids is 2. The van der Waals surface area contributed by atoms with E-state index in [9.17, 15) is 9.59 Å². The highest BCUT2D eigenvalue weighted by atomic mass is 16.4. The standard InChI is InChI=1S/C10H9N3O3/c1-5-2-3-6-7(12-4-14)8(9(11)15)16-10(6)13-5/h2-4H,1H3,(H2,11,15)(H,12,14). The van der Waals surface area contributed by atoms with Gasteiger partial charge in [-0.05, 0) is 19.1 Å². The van der Waals surface area contributed by atoms with Gasteiger partial charge in [0.15, 0.2) is 0 Å². The predicted octanol–water partition coefficient (Wildman–Crippen LogP) is 0.803. The molecule has 6 nitrogen and oxygen atoms in total. The Morgan fingerprint density at radius 2 is 2.31 bits per heavy atom. The summed E-state index contributed by atoms with van der Waals surface area (Å²) in [6.07, 6.45) is 0.455. The number of nitrogens with one attached hydrogen (secondary N) is 1.